The van der Waals surface area contributed by atoms with Crippen LogP contribution in [-0.4, -0.2) is 15.4 Å². The zero-order valence-corrected chi connectivity index (χ0v) is 16.2. The summed E-state index contributed by atoms with van der Waals surface area (Å²) in [6, 6.07) is 16.7. The number of halogens is 3. The van der Waals surface area contributed by atoms with Crippen molar-refractivity contribution in [1.29, 1.82) is 0 Å². The fourth-order valence-corrected chi connectivity index (χ4v) is 7.44. The summed E-state index contributed by atoms with van der Waals surface area (Å²) >= 11 is 0. The first-order chi connectivity index (χ1) is 12.6. The minimum Gasteiger partial charge on any atom is -0.432 e. The van der Waals surface area contributed by atoms with Gasteiger partial charge in [-0.1, -0.05) is 61.8 Å². The predicted octanol–water partition coefficient (Wildman–Crippen LogP) is 6.61. The zero-order chi connectivity index (χ0) is 18.5. The van der Waals surface area contributed by atoms with Gasteiger partial charge in [-0.25, -0.2) is 4.39 Å². The molecule has 0 unspecified atom stereocenters. The number of hydrogen-bond donors (Lipinski definition) is 0. The SMILES string of the molecule is CCC[SiH]1CCC(c2ccc(-c3ccc(OC(F)F)c(F)c3)cc2)CC1. The standard InChI is InChI=1S/C21H25F3OSi/c1-2-11-26-12-9-17(10-13-26)15-3-5-16(6-4-15)18-7-8-20(19(22)14-18)25-21(23)24/h3-8,14,17,21,26H,2,9-13H2,1H3. The topological polar surface area (TPSA) is 9.23 Å². The average molecular weight is 379 g/mol. The first kappa shape index (κ1) is 19.0. The summed E-state index contributed by atoms with van der Waals surface area (Å²) in [7, 11) is -0.475. The number of alkyl halides is 2. The number of benzene rings is 2. The van der Waals surface area contributed by atoms with E-state index in [0.29, 0.717) is 11.5 Å². The summed E-state index contributed by atoms with van der Waals surface area (Å²) in [6.07, 6.45) is 3.92. The van der Waals surface area contributed by atoms with Gasteiger partial charge in [0.1, 0.15) is 0 Å². The van der Waals surface area contributed by atoms with Crippen LogP contribution in [0.15, 0.2) is 42.5 Å². The van der Waals surface area contributed by atoms with Gasteiger partial charge < -0.3 is 4.74 Å². The molecule has 1 nitrogen and oxygen atoms in total. The van der Waals surface area contributed by atoms with Crippen molar-refractivity contribution in [2.24, 2.45) is 0 Å². The highest BCUT2D eigenvalue weighted by atomic mass is 28.3. The van der Waals surface area contributed by atoms with Gasteiger partial charge in [-0.3, -0.25) is 0 Å². The van der Waals surface area contributed by atoms with Crippen molar-refractivity contribution in [2.75, 3.05) is 0 Å². The van der Waals surface area contributed by atoms with E-state index in [1.54, 1.807) is 6.07 Å². The molecule has 1 aliphatic rings. The molecule has 0 N–H and O–H groups in total. The largest absolute Gasteiger partial charge is 0.432 e. The van der Waals surface area contributed by atoms with Crippen LogP contribution in [0.2, 0.25) is 18.1 Å². The first-order valence-corrected chi connectivity index (χ1v) is 11.9. The Morgan fingerprint density at radius 3 is 2.27 bits per heavy atom. The average Bonchev–Trinajstić information content (AvgIpc) is 2.64. The van der Waals surface area contributed by atoms with Gasteiger partial charge in [-0.15, -0.1) is 0 Å². The third kappa shape index (κ3) is 4.70. The minimum atomic E-state index is -3.02. The fourth-order valence-electron chi connectivity index (χ4n) is 4.01. The van der Waals surface area contributed by atoms with Gasteiger partial charge in [-0.05, 0) is 47.6 Å². The van der Waals surface area contributed by atoms with E-state index in [0.717, 1.165) is 5.56 Å². The van der Waals surface area contributed by atoms with E-state index in [2.05, 4.69) is 23.8 Å². The third-order valence-electron chi connectivity index (χ3n) is 5.41. The Kier molecular flexibility index (Phi) is 6.41. The van der Waals surface area contributed by atoms with Crippen molar-refractivity contribution < 1.29 is 17.9 Å². The van der Waals surface area contributed by atoms with E-state index < -0.39 is 27.0 Å². The van der Waals surface area contributed by atoms with Crippen LogP contribution in [-0.2, 0) is 0 Å². The number of rotatable bonds is 6. The van der Waals surface area contributed by atoms with Crippen molar-refractivity contribution in [3.8, 4) is 16.9 Å². The Bertz CT molecular complexity index is 710. The Balaban J connectivity index is 1.67. The van der Waals surface area contributed by atoms with E-state index >= 15 is 0 Å². The van der Waals surface area contributed by atoms with Gasteiger partial charge in [0.25, 0.3) is 0 Å². The summed E-state index contributed by atoms with van der Waals surface area (Å²) < 4.78 is 42.5. The van der Waals surface area contributed by atoms with Crippen LogP contribution >= 0.6 is 0 Å². The van der Waals surface area contributed by atoms with E-state index in [1.807, 2.05) is 12.1 Å². The van der Waals surface area contributed by atoms with Gasteiger partial charge in [-0.2, -0.15) is 8.78 Å². The molecular weight excluding hydrogens is 353 g/mol. The number of hydrogen-bond acceptors (Lipinski definition) is 1. The number of ether oxygens (including phenoxy) is 1. The normalized spacial score (nSPS) is 20.3. The first-order valence-electron chi connectivity index (χ1n) is 9.41. The highest BCUT2D eigenvalue weighted by molar-refractivity contribution is 6.59. The Morgan fingerprint density at radius 2 is 1.69 bits per heavy atom. The van der Waals surface area contributed by atoms with E-state index in [9.17, 15) is 13.2 Å². The minimum absolute atomic E-state index is 0.423. The molecule has 26 heavy (non-hydrogen) atoms. The van der Waals surface area contributed by atoms with Crippen LogP contribution in [0.4, 0.5) is 13.2 Å². The molecular formula is C21H25F3OSi. The van der Waals surface area contributed by atoms with Crippen LogP contribution in [0.1, 0.15) is 37.7 Å². The Hall–Kier alpha value is -1.75. The van der Waals surface area contributed by atoms with Gasteiger partial charge in [0, 0.05) is 8.80 Å². The maximum Gasteiger partial charge on any atom is 0.387 e. The molecule has 0 radical (unpaired) electrons. The molecule has 5 heteroatoms. The summed E-state index contributed by atoms with van der Waals surface area (Å²) in [4.78, 5) is 0. The second-order valence-corrected chi connectivity index (χ2v) is 10.6. The molecule has 2 aromatic rings. The molecule has 1 fully saturated rings. The van der Waals surface area contributed by atoms with E-state index in [1.165, 1.54) is 55.1 Å². The second-order valence-electron chi connectivity index (χ2n) is 7.15. The molecule has 0 aromatic heterocycles. The Labute approximate surface area is 154 Å². The summed E-state index contributed by atoms with van der Waals surface area (Å²) in [5, 5.41) is 0. The molecule has 0 spiro atoms. The summed E-state index contributed by atoms with van der Waals surface area (Å²) in [6.45, 7) is -0.739. The van der Waals surface area contributed by atoms with Crippen LogP contribution in [0, 0.1) is 5.82 Å². The lowest BCUT2D eigenvalue weighted by molar-refractivity contribution is -0.0521. The van der Waals surface area contributed by atoms with Gasteiger partial charge in [0.2, 0.25) is 0 Å². The molecule has 1 saturated heterocycles. The molecule has 2 aromatic carbocycles. The van der Waals surface area contributed by atoms with Crippen molar-refractivity contribution in [3.05, 3.63) is 53.8 Å². The fraction of sp³-hybridized carbons (Fsp3) is 0.429. The second kappa shape index (κ2) is 8.76. The highest BCUT2D eigenvalue weighted by Gasteiger charge is 2.22. The van der Waals surface area contributed by atoms with Crippen LogP contribution in [0.5, 0.6) is 5.75 Å². The summed E-state index contributed by atoms with van der Waals surface area (Å²) in [5.74, 6) is -0.553. The van der Waals surface area contributed by atoms with E-state index in [4.69, 9.17) is 0 Å². The molecule has 0 bridgehead atoms. The maximum atomic E-state index is 13.9. The quantitative estimate of drug-likeness (QED) is 0.514. The van der Waals surface area contributed by atoms with E-state index in [-0.39, 0.29) is 0 Å². The van der Waals surface area contributed by atoms with Gasteiger partial charge in [0.15, 0.2) is 11.6 Å². The molecule has 140 valence electrons. The molecule has 0 aliphatic carbocycles. The van der Waals surface area contributed by atoms with Crippen LogP contribution in [0.25, 0.3) is 11.1 Å². The highest BCUT2D eigenvalue weighted by Crippen LogP contribution is 2.36. The van der Waals surface area contributed by atoms with Crippen molar-refractivity contribution in [2.45, 2.75) is 56.8 Å². The summed E-state index contributed by atoms with van der Waals surface area (Å²) in [5.41, 5.74) is 2.90. The third-order valence-corrected chi connectivity index (χ3v) is 9.10. The Morgan fingerprint density at radius 1 is 1.04 bits per heavy atom. The zero-order valence-electron chi connectivity index (χ0n) is 15.1. The smallest absolute Gasteiger partial charge is 0.387 e. The molecule has 3 rings (SSSR count). The maximum absolute atomic E-state index is 13.9. The lowest BCUT2D eigenvalue weighted by Gasteiger charge is -2.27. The van der Waals surface area contributed by atoms with Gasteiger partial charge >= 0.3 is 6.61 Å². The predicted molar refractivity (Wildman–Crippen MR) is 102 cm³/mol. The van der Waals surface area contributed by atoms with Crippen molar-refractivity contribution in [1.82, 2.24) is 0 Å². The van der Waals surface area contributed by atoms with Crippen LogP contribution < -0.4 is 4.74 Å². The molecule has 0 saturated carbocycles. The molecule has 0 amide bonds. The van der Waals surface area contributed by atoms with Gasteiger partial charge in [0.05, 0.1) is 0 Å². The van der Waals surface area contributed by atoms with Crippen molar-refractivity contribution >= 4 is 8.80 Å². The van der Waals surface area contributed by atoms with Crippen molar-refractivity contribution in [3.63, 3.8) is 0 Å². The molecule has 1 heterocycles. The monoisotopic (exact) mass is 378 g/mol. The lowest BCUT2D eigenvalue weighted by Crippen LogP contribution is -2.19. The van der Waals surface area contributed by atoms with Crippen LogP contribution in [0.3, 0.4) is 0 Å². The lowest BCUT2D eigenvalue weighted by atomic mass is 9.92. The molecule has 1 aliphatic heterocycles. The molecule has 0 atom stereocenters.